The highest BCUT2D eigenvalue weighted by atomic mass is 15.0. The van der Waals surface area contributed by atoms with Crippen LogP contribution in [0.5, 0.6) is 0 Å². The summed E-state index contributed by atoms with van der Waals surface area (Å²) in [6, 6.07) is 57.9. The Kier molecular flexibility index (Phi) is 6.78. The van der Waals surface area contributed by atoms with Crippen molar-refractivity contribution in [2.24, 2.45) is 0 Å². The Balaban J connectivity index is 1.04. The number of pyridine rings is 3. The van der Waals surface area contributed by atoms with Crippen LogP contribution in [-0.2, 0) is 0 Å². The summed E-state index contributed by atoms with van der Waals surface area (Å²) in [6.45, 7) is 0. The summed E-state index contributed by atoms with van der Waals surface area (Å²) in [4.78, 5) is 14.6. The Morgan fingerprint density at radius 2 is 1.00 bits per heavy atom. The fourth-order valence-corrected chi connectivity index (χ4v) is 7.48. The fourth-order valence-electron chi connectivity index (χ4n) is 7.48. The van der Waals surface area contributed by atoms with E-state index in [1.807, 2.05) is 24.7 Å². The van der Waals surface area contributed by atoms with E-state index in [1.54, 1.807) is 0 Å². The molecule has 0 saturated heterocycles. The molecule has 0 aliphatic rings. The van der Waals surface area contributed by atoms with Crippen molar-refractivity contribution in [2.45, 2.75) is 0 Å². The van der Waals surface area contributed by atoms with Gasteiger partial charge in [-0.1, -0.05) is 109 Å². The van der Waals surface area contributed by atoms with Gasteiger partial charge in [0.25, 0.3) is 0 Å². The van der Waals surface area contributed by atoms with Gasteiger partial charge in [0.15, 0.2) is 0 Å². The number of para-hydroxylation sites is 1. The molecule has 4 heterocycles. The number of hydrogen-bond donors (Lipinski definition) is 0. The molecule has 4 aromatic heterocycles. The van der Waals surface area contributed by atoms with Crippen molar-refractivity contribution in [3.63, 3.8) is 0 Å². The highest BCUT2D eigenvalue weighted by Crippen LogP contribution is 2.37. The maximum absolute atomic E-state index is 4.93. The first-order valence-corrected chi connectivity index (χ1v) is 17.2. The summed E-state index contributed by atoms with van der Waals surface area (Å²) in [5.74, 6) is 0. The predicted octanol–water partition coefficient (Wildman–Crippen LogP) is 11.9. The summed E-state index contributed by atoms with van der Waals surface area (Å²) < 4.78 is 2.32. The van der Waals surface area contributed by atoms with Crippen LogP contribution in [-0.4, -0.2) is 19.5 Å². The van der Waals surface area contributed by atoms with Crippen molar-refractivity contribution in [2.75, 3.05) is 0 Å². The zero-order valence-corrected chi connectivity index (χ0v) is 27.6. The second-order valence-corrected chi connectivity index (χ2v) is 12.9. The topological polar surface area (TPSA) is 43.6 Å². The zero-order chi connectivity index (χ0) is 33.7. The van der Waals surface area contributed by atoms with E-state index >= 15 is 0 Å². The van der Waals surface area contributed by atoms with E-state index in [-0.39, 0.29) is 0 Å². The van der Waals surface area contributed by atoms with Crippen LogP contribution in [0.4, 0.5) is 0 Å². The highest BCUT2D eigenvalue weighted by molar-refractivity contribution is 6.13. The summed E-state index contributed by atoms with van der Waals surface area (Å²) in [7, 11) is 0. The monoisotopic (exact) mass is 650 g/mol. The molecule has 0 aliphatic carbocycles. The van der Waals surface area contributed by atoms with Crippen molar-refractivity contribution < 1.29 is 0 Å². The number of fused-ring (bicyclic) bond motifs is 6. The molecule has 0 spiro atoms. The van der Waals surface area contributed by atoms with E-state index < -0.39 is 0 Å². The first-order valence-electron chi connectivity index (χ1n) is 17.2. The molecule has 0 saturated carbocycles. The van der Waals surface area contributed by atoms with Crippen LogP contribution in [0.25, 0.3) is 93.9 Å². The Labute approximate surface area is 295 Å². The van der Waals surface area contributed by atoms with Gasteiger partial charge in [-0.05, 0) is 98.4 Å². The maximum atomic E-state index is 4.93. The molecule has 0 amide bonds. The van der Waals surface area contributed by atoms with Crippen LogP contribution >= 0.6 is 0 Å². The van der Waals surface area contributed by atoms with Crippen molar-refractivity contribution in [3.05, 3.63) is 182 Å². The van der Waals surface area contributed by atoms with Gasteiger partial charge in [-0.15, -0.1) is 0 Å². The SMILES string of the molecule is c1ccc(-c2cc(-c3ccc(-c4ccc(-c5cc6ccccc6c6ccccc56)cn4)nc3)cc(-n3c4ccccc4c4ncccc43)c2)cc1. The molecule has 10 rings (SSSR count). The Morgan fingerprint density at radius 3 is 1.76 bits per heavy atom. The van der Waals surface area contributed by atoms with Gasteiger partial charge in [0, 0.05) is 40.8 Å². The number of rotatable bonds is 5. The second-order valence-electron chi connectivity index (χ2n) is 12.9. The molecular weight excluding hydrogens is 621 g/mol. The minimum absolute atomic E-state index is 0.835. The van der Waals surface area contributed by atoms with Gasteiger partial charge in [-0.3, -0.25) is 15.0 Å². The van der Waals surface area contributed by atoms with Crippen LogP contribution in [0.1, 0.15) is 0 Å². The van der Waals surface area contributed by atoms with Gasteiger partial charge in [-0.2, -0.15) is 0 Å². The van der Waals surface area contributed by atoms with E-state index in [2.05, 4.69) is 162 Å². The smallest absolute Gasteiger partial charge is 0.0963 e. The molecule has 0 aliphatic heterocycles. The summed E-state index contributed by atoms with van der Waals surface area (Å²) in [5, 5.41) is 6.10. The number of hydrogen-bond acceptors (Lipinski definition) is 3. The lowest BCUT2D eigenvalue weighted by Gasteiger charge is -2.14. The van der Waals surface area contributed by atoms with Gasteiger partial charge in [0.1, 0.15) is 0 Å². The average Bonchev–Trinajstić information content (AvgIpc) is 3.55. The van der Waals surface area contributed by atoms with Gasteiger partial charge in [0.2, 0.25) is 0 Å². The van der Waals surface area contributed by atoms with Gasteiger partial charge >= 0.3 is 0 Å². The summed E-state index contributed by atoms with van der Waals surface area (Å²) >= 11 is 0. The summed E-state index contributed by atoms with van der Waals surface area (Å²) in [5.41, 5.74) is 12.6. The van der Waals surface area contributed by atoms with Crippen LogP contribution in [0.2, 0.25) is 0 Å². The standard InChI is InChI=1S/C47H30N4/c1-2-11-31(12-3-1)35-25-36(27-37(26-35)51-45-18-9-8-17-41(45)47-46(51)19-10-24-48-47)33-20-22-43(49-29-33)44-23-21-34(30-50-44)42-28-32-13-4-5-14-38(32)39-15-6-7-16-40(39)42/h1-30H. The van der Waals surface area contributed by atoms with Crippen LogP contribution in [0.15, 0.2) is 182 Å². The first-order chi connectivity index (χ1) is 25.3. The van der Waals surface area contributed by atoms with Crippen molar-refractivity contribution in [3.8, 4) is 50.5 Å². The Bertz CT molecular complexity index is 2840. The van der Waals surface area contributed by atoms with E-state index in [4.69, 9.17) is 15.0 Å². The van der Waals surface area contributed by atoms with Crippen molar-refractivity contribution in [1.82, 2.24) is 19.5 Å². The first kappa shape index (κ1) is 29.0. The highest BCUT2D eigenvalue weighted by Gasteiger charge is 2.16. The maximum Gasteiger partial charge on any atom is 0.0963 e. The molecule has 0 unspecified atom stereocenters. The van der Waals surface area contributed by atoms with E-state index in [0.717, 1.165) is 66.8 Å². The number of benzene rings is 6. The molecule has 0 fully saturated rings. The minimum Gasteiger partial charge on any atom is -0.308 e. The minimum atomic E-state index is 0.835. The van der Waals surface area contributed by atoms with E-state index in [0.29, 0.717) is 0 Å². The number of aromatic nitrogens is 4. The summed E-state index contributed by atoms with van der Waals surface area (Å²) in [6.07, 6.45) is 5.80. The largest absolute Gasteiger partial charge is 0.308 e. The third-order valence-corrected chi connectivity index (χ3v) is 9.91. The molecule has 51 heavy (non-hydrogen) atoms. The molecule has 0 radical (unpaired) electrons. The zero-order valence-electron chi connectivity index (χ0n) is 27.6. The van der Waals surface area contributed by atoms with Crippen LogP contribution < -0.4 is 0 Å². The van der Waals surface area contributed by atoms with Gasteiger partial charge < -0.3 is 4.57 Å². The fraction of sp³-hybridized carbons (Fsp3) is 0. The molecule has 6 aromatic carbocycles. The van der Waals surface area contributed by atoms with Gasteiger partial charge in [0.05, 0.1) is 27.9 Å². The lowest BCUT2D eigenvalue weighted by atomic mass is 9.94. The Hall–Kier alpha value is -6.91. The van der Waals surface area contributed by atoms with Crippen molar-refractivity contribution in [1.29, 1.82) is 0 Å². The average molecular weight is 651 g/mol. The van der Waals surface area contributed by atoms with Crippen LogP contribution in [0.3, 0.4) is 0 Å². The lowest BCUT2D eigenvalue weighted by Crippen LogP contribution is -1.96. The van der Waals surface area contributed by atoms with Crippen LogP contribution in [0, 0.1) is 0 Å². The predicted molar refractivity (Wildman–Crippen MR) is 211 cm³/mol. The molecule has 0 N–H and O–H groups in total. The molecule has 0 atom stereocenters. The van der Waals surface area contributed by atoms with E-state index in [1.165, 1.54) is 27.1 Å². The van der Waals surface area contributed by atoms with Gasteiger partial charge in [-0.25, -0.2) is 0 Å². The third-order valence-electron chi connectivity index (χ3n) is 9.91. The second kappa shape index (κ2) is 11.9. The molecule has 4 nitrogen and oxygen atoms in total. The molecule has 238 valence electrons. The third kappa shape index (κ3) is 4.96. The molecule has 10 aromatic rings. The molecule has 4 heteroatoms. The normalized spacial score (nSPS) is 11.5. The van der Waals surface area contributed by atoms with E-state index in [9.17, 15) is 0 Å². The Morgan fingerprint density at radius 1 is 0.373 bits per heavy atom. The number of nitrogens with zero attached hydrogens (tertiary/aromatic N) is 4. The molecule has 0 bridgehead atoms. The lowest BCUT2D eigenvalue weighted by molar-refractivity contribution is 1.17. The molecular formula is C47H30N4. The van der Waals surface area contributed by atoms with Crippen molar-refractivity contribution >= 4 is 43.5 Å². The quantitative estimate of drug-likeness (QED) is 0.174.